The molecule has 3 heterocycles. The smallest absolute Gasteiger partial charge is 0.271 e. The molecule has 4 aromatic rings. The summed E-state index contributed by atoms with van der Waals surface area (Å²) in [5, 5.41) is 7.63. The summed E-state index contributed by atoms with van der Waals surface area (Å²) >= 11 is 0. The third-order valence-corrected chi connectivity index (χ3v) is 4.98. The van der Waals surface area contributed by atoms with Crippen molar-refractivity contribution < 1.29 is 4.79 Å². The molecule has 1 amide bonds. The number of imidazole rings is 1. The van der Waals surface area contributed by atoms with Gasteiger partial charge in [-0.2, -0.15) is 5.10 Å². The van der Waals surface area contributed by atoms with Crippen molar-refractivity contribution >= 4 is 11.6 Å². The van der Waals surface area contributed by atoms with E-state index < -0.39 is 0 Å². The van der Waals surface area contributed by atoms with Crippen LogP contribution in [-0.4, -0.2) is 25.1 Å². The predicted molar refractivity (Wildman–Crippen MR) is 108 cm³/mol. The van der Waals surface area contributed by atoms with E-state index in [4.69, 9.17) is 0 Å². The minimum Gasteiger partial charge on any atom is -0.346 e. The summed E-state index contributed by atoms with van der Waals surface area (Å²) in [6, 6.07) is 14.2. The molecule has 0 radical (unpaired) electrons. The van der Waals surface area contributed by atoms with Crippen molar-refractivity contribution in [2.24, 2.45) is 0 Å². The van der Waals surface area contributed by atoms with Crippen LogP contribution >= 0.6 is 0 Å². The average molecular weight is 373 g/mol. The molecule has 0 atom stereocenters. The second kappa shape index (κ2) is 7.31. The lowest BCUT2D eigenvalue weighted by Crippen LogP contribution is -2.23. The molecule has 0 saturated heterocycles. The zero-order chi connectivity index (χ0) is 19.7. The van der Waals surface area contributed by atoms with E-state index in [0.29, 0.717) is 18.8 Å². The van der Waals surface area contributed by atoms with Crippen LogP contribution in [-0.2, 0) is 13.1 Å². The largest absolute Gasteiger partial charge is 0.346 e. The fraction of sp³-hybridized carbons (Fsp3) is 0.227. The van der Waals surface area contributed by atoms with Gasteiger partial charge in [0.05, 0.1) is 12.2 Å². The van der Waals surface area contributed by atoms with Crippen LogP contribution in [0.5, 0.6) is 0 Å². The maximum atomic E-state index is 12.6. The maximum absolute atomic E-state index is 12.6. The fourth-order valence-electron chi connectivity index (χ4n) is 3.35. The number of aryl methyl sites for hydroxylation is 2. The van der Waals surface area contributed by atoms with Crippen LogP contribution in [0.1, 0.15) is 38.6 Å². The van der Waals surface area contributed by atoms with E-state index in [9.17, 15) is 4.79 Å². The van der Waals surface area contributed by atoms with Gasteiger partial charge in [0.1, 0.15) is 11.3 Å². The first kappa shape index (κ1) is 18.0. The summed E-state index contributed by atoms with van der Waals surface area (Å²) in [6.45, 7) is 7.17. The molecule has 0 spiro atoms. The van der Waals surface area contributed by atoms with Crippen LogP contribution in [0.15, 0.2) is 54.9 Å². The second-order valence-corrected chi connectivity index (χ2v) is 7.07. The van der Waals surface area contributed by atoms with E-state index in [2.05, 4.69) is 27.5 Å². The number of nitrogens with one attached hydrogen (secondary N) is 1. The Kier molecular flexibility index (Phi) is 4.69. The first-order chi connectivity index (χ1) is 13.5. The van der Waals surface area contributed by atoms with Crippen LogP contribution in [0, 0.1) is 20.8 Å². The van der Waals surface area contributed by atoms with Gasteiger partial charge in [-0.15, -0.1) is 0 Å². The molecule has 1 N–H and O–H groups in total. The summed E-state index contributed by atoms with van der Waals surface area (Å²) in [7, 11) is 0. The normalized spacial score (nSPS) is 11.1. The molecule has 0 aliphatic carbocycles. The van der Waals surface area contributed by atoms with Crippen molar-refractivity contribution in [1.82, 2.24) is 24.5 Å². The van der Waals surface area contributed by atoms with E-state index >= 15 is 0 Å². The van der Waals surface area contributed by atoms with Gasteiger partial charge >= 0.3 is 0 Å². The van der Waals surface area contributed by atoms with Crippen molar-refractivity contribution in [1.29, 1.82) is 0 Å². The minimum atomic E-state index is -0.184. The Labute approximate surface area is 163 Å². The van der Waals surface area contributed by atoms with Crippen molar-refractivity contribution in [2.75, 3.05) is 0 Å². The molecular weight excluding hydrogens is 350 g/mol. The quantitative estimate of drug-likeness (QED) is 0.583. The number of fused-ring (bicyclic) bond motifs is 1. The maximum Gasteiger partial charge on any atom is 0.271 e. The molecule has 0 aliphatic rings. The molecular formula is C22H23N5O. The molecule has 0 saturated carbocycles. The Morgan fingerprint density at radius 2 is 1.89 bits per heavy atom. The zero-order valence-corrected chi connectivity index (χ0v) is 16.3. The highest BCUT2D eigenvalue weighted by atomic mass is 16.1. The number of amides is 1. The van der Waals surface area contributed by atoms with Crippen LogP contribution in [0.2, 0.25) is 0 Å². The third kappa shape index (κ3) is 3.53. The van der Waals surface area contributed by atoms with Crippen LogP contribution in [0.4, 0.5) is 0 Å². The van der Waals surface area contributed by atoms with Gasteiger partial charge in [0.15, 0.2) is 0 Å². The van der Waals surface area contributed by atoms with Gasteiger partial charge in [0.2, 0.25) is 0 Å². The molecule has 0 unspecified atom stereocenters. The van der Waals surface area contributed by atoms with E-state index in [1.54, 1.807) is 6.20 Å². The SMILES string of the molecule is Cc1ccn2cc(C(=O)NCc3c(C)nn(Cc4ccccc4)c3C)nc2c1. The first-order valence-electron chi connectivity index (χ1n) is 9.31. The lowest BCUT2D eigenvalue weighted by molar-refractivity contribution is 0.0946. The summed E-state index contributed by atoms with van der Waals surface area (Å²) in [5.74, 6) is -0.184. The minimum absolute atomic E-state index is 0.184. The number of pyridine rings is 1. The number of hydrogen-bond acceptors (Lipinski definition) is 3. The van der Waals surface area contributed by atoms with Gasteiger partial charge in [0.25, 0.3) is 5.91 Å². The third-order valence-electron chi connectivity index (χ3n) is 4.98. The number of benzene rings is 1. The number of nitrogens with zero attached hydrogens (tertiary/aromatic N) is 4. The molecule has 0 bridgehead atoms. The molecule has 0 aliphatic heterocycles. The number of carbonyl (C=O) groups is 1. The molecule has 142 valence electrons. The number of hydrogen-bond donors (Lipinski definition) is 1. The lowest BCUT2D eigenvalue weighted by atomic mass is 10.2. The Hall–Kier alpha value is -3.41. The van der Waals surface area contributed by atoms with Crippen molar-refractivity contribution in [3.63, 3.8) is 0 Å². The highest BCUT2D eigenvalue weighted by molar-refractivity contribution is 5.92. The van der Waals surface area contributed by atoms with Gasteiger partial charge in [-0.1, -0.05) is 30.3 Å². The number of aromatic nitrogens is 4. The van der Waals surface area contributed by atoms with E-state index in [1.807, 2.05) is 66.4 Å². The lowest BCUT2D eigenvalue weighted by Gasteiger charge is -2.06. The molecule has 0 fully saturated rings. The number of carbonyl (C=O) groups excluding carboxylic acids is 1. The molecule has 3 aromatic heterocycles. The Morgan fingerprint density at radius 1 is 1.11 bits per heavy atom. The Balaban J connectivity index is 1.48. The van der Waals surface area contributed by atoms with Crippen LogP contribution in [0.3, 0.4) is 0 Å². The van der Waals surface area contributed by atoms with Crippen LogP contribution in [0.25, 0.3) is 5.65 Å². The summed E-state index contributed by atoms with van der Waals surface area (Å²) in [5.41, 5.74) is 6.53. The zero-order valence-electron chi connectivity index (χ0n) is 16.3. The van der Waals surface area contributed by atoms with Crippen molar-refractivity contribution in [2.45, 2.75) is 33.9 Å². The monoisotopic (exact) mass is 373 g/mol. The van der Waals surface area contributed by atoms with Gasteiger partial charge in [0, 0.05) is 30.2 Å². The topological polar surface area (TPSA) is 64.2 Å². The highest BCUT2D eigenvalue weighted by Gasteiger charge is 2.15. The molecule has 6 heteroatoms. The molecule has 28 heavy (non-hydrogen) atoms. The Morgan fingerprint density at radius 3 is 2.68 bits per heavy atom. The average Bonchev–Trinajstić information content (AvgIpc) is 3.22. The standard InChI is InChI=1S/C22H23N5O/c1-15-9-10-26-14-20(24-21(26)11-15)22(28)23-12-19-16(2)25-27(17(19)3)13-18-7-5-4-6-8-18/h4-11,14H,12-13H2,1-3H3,(H,23,28). The highest BCUT2D eigenvalue weighted by Crippen LogP contribution is 2.15. The van der Waals surface area contributed by atoms with Gasteiger partial charge in [-0.25, -0.2) is 4.98 Å². The molecule has 4 rings (SSSR count). The Bertz CT molecular complexity index is 1140. The summed E-state index contributed by atoms with van der Waals surface area (Å²) < 4.78 is 3.84. The van der Waals surface area contributed by atoms with E-state index in [0.717, 1.165) is 28.2 Å². The van der Waals surface area contributed by atoms with Crippen molar-refractivity contribution in [3.05, 3.63) is 88.6 Å². The second-order valence-electron chi connectivity index (χ2n) is 7.07. The summed E-state index contributed by atoms with van der Waals surface area (Å²) in [6.07, 6.45) is 3.67. The van der Waals surface area contributed by atoms with Crippen molar-refractivity contribution in [3.8, 4) is 0 Å². The van der Waals surface area contributed by atoms with Gasteiger partial charge in [-0.3, -0.25) is 9.48 Å². The number of rotatable bonds is 5. The first-order valence-corrected chi connectivity index (χ1v) is 9.31. The molecule has 6 nitrogen and oxygen atoms in total. The van der Waals surface area contributed by atoms with Gasteiger partial charge in [-0.05, 0) is 44.0 Å². The fourth-order valence-corrected chi connectivity index (χ4v) is 3.35. The van der Waals surface area contributed by atoms with Crippen LogP contribution < -0.4 is 5.32 Å². The predicted octanol–water partition coefficient (Wildman–Crippen LogP) is 3.43. The van der Waals surface area contributed by atoms with Gasteiger partial charge < -0.3 is 9.72 Å². The van der Waals surface area contributed by atoms with E-state index in [-0.39, 0.29) is 5.91 Å². The van der Waals surface area contributed by atoms with E-state index in [1.165, 1.54) is 5.56 Å². The molecule has 1 aromatic carbocycles. The summed E-state index contributed by atoms with van der Waals surface area (Å²) in [4.78, 5) is 17.0.